The molecule has 3 rings (SSSR count). The molecule has 1 aliphatic rings. The molecule has 0 bridgehead atoms. The molecule has 1 heterocycles. The first kappa shape index (κ1) is 20.4. The molecular formula is C21H27N3O3S. The number of hydrogen-bond donors (Lipinski definition) is 2. The Morgan fingerprint density at radius 2 is 1.68 bits per heavy atom. The molecule has 6 nitrogen and oxygen atoms in total. The Morgan fingerprint density at radius 1 is 1.04 bits per heavy atom. The molecule has 0 radical (unpaired) electrons. The minimum atomic E-state index is -3.44. The van der Waals surface area contributed by atoms with Crippen molar-refractivity contribution in [2.45, 2.75) is 44.6 Å². The summed E-state index contributed by atoms with van der Waals surface area (Å²) >= 11 is 0. The highest BCUT2D eigenvalue weighted by molar-refractivity contribution is 7.89. The van der Waals surface area contributed by atoms with E-state index in [0.717, 1.165) is 29.7 Å². The van der Waals surface area contributed by atoms with Gasteiger partial charge in [0, 0.05) is 24.5 Å². The predicted octanol–water partition coefficient (Wildman–Crippen LogP) is 3.53. The molecule has 2 N–H and O–H groups in total. The van der Waals surface area contributed by atoms with Crippen LogP contribution >= 0.6 is 0 Å². The lowest BCUT2D eigenvalue weighted by atomic mass is 10.1. The van der Waals surface area contributed by atoms with Crippen molar-refractivity contribution in [3.63, 3.8) is 0 Å². The highest BCUT2D eigenvalue weighted by Crippen LogP contribution is 2.22. The Kier molecular flexibility index (Phi) is 6.05. The Hall–Kier alpha value is -2.38. The lowest BCUT2D eigenvalue weighted by molar-refractivity contribution is -0.116. The van der Waals surface area contributed by atoms with Crippen LogP contribution in [0.25, 0.3) is 0 Å². The number of rotatable bonds is 6. The number of hydrogen-bond acceptors (Lipinski definition) is 4. The molecule has 150 valence electrons. The lowest BCUT2D eigenvalue weighted by Gasteiger charge is -2.18. The average Bonchev–Trinajstić information content (AvgIpc) is 3.21. The van der Waals surface area contributed by atoms with Gasteiger partial charge in [-0.1, -0.05) is 12.1 Å². The fraction of sp³-hybridized carbons (Fsp3) is 0.381. The van der Waals surface area contributed by atoms with Crippen LogP contribution in [0.4, 0.5) is 11.4 Å². The molecule has 0 spiro atoms. The number of aryl methyl sites for hydroxylation is 2. The van der Waals surface area contributed by atoms with Gasteiger partial charge in [-0.15, -0.1) is 0 Å². The van der Waals surface area contributed by atoms with Crippen molar-refractivity contribution in [1.82, 2.24) is 4.31 Å². The molecule has 1 fully saturated rings. The monoisotopic (exact) mass is 401 g/mol. The number of nitrogens with zero attached hydrogens (tertiary/aromatic N) is 1. The average molecular weight is 402 g/mol. The molecule has 0 saturated carbocycles. The molecule has 28 heavy (non-hydrogen) atoms. The van der Waals surface area contributed by atoms with E-state index in [1.165, 1.54) is 4.31 Å². The molecule has 0 aliphatic carbocycles. The number of nitrogens with one attached hydrogen (secondary N) is 2. The van der Waals surface area contributed by atoms with E-state index in [4.69, 9.17) is 0 Å². The van der Waals surface area contributed by atoms with Gasteiger partial charge < -0.3 is 10.6 Å². The quantitative estimate of drug-likeness (QED) is 0.776. The first-order valence-electron chi connectivity index (χ1n) is 9.52. The summed E-state index contributed by atoms with van der Waals surface area (Å²) in [5.41, 5.74) is 3.69. The van der Waals surface area contributed by atoms with Crippen LogP contribution in [0.5, 0.6) is 0 Å². The first-order valence-corrected chi connectivity index (χ1v) is 11.0. The van der Waals surface area contributed by atoms with Crippen molar-refractivity contribution in [3.05, 3.63) is 53.6 Å². The van der Waals surface area contributed by atoms with Gasteiger partial charge in [0.1, 0.15) is 6.04 Å². The Morgan fingerprint density at radius 3 is 2.32 bits per heavy atom. The zero-order chi connectivity index (χ0) is 20.3. The molecule has 0 aromatic heterocycles. The number of amides is 1. The van der Waals surface area contributed by atoms with E-state index in [0.29, 0.717) is 18.8 Å². The van der Waals surface area contributed by atoms with E-state index in [9.17, 15) is 13.2 Å². The van der Waals surface area contributed by atoms with Crippen LogP contribution in [0.15, 0.2) is 47.4 Å². The van der Waals surface area contributed by atoms with Gasteiger partial charge in [0.15, 0.2) is 0 Å². The second-order valence-electron chi connectivity index (χ2n) is 7.31. The van der Waals surface area contributed by atoms with Gasteiger partial charge in [-0.05, 0) is 75.1 Å². The summed E-state index contributed by atoms with van der Waals surface area (Å²) in [5.74, 6) is -0.184. The van der Waals surface area contributed by atoms with Crippen molar-refractivity contribution in [2.75, 3.05) is 23.7 Å². The molecule has 1 saturated heterocycles. The maximum Gasteiger partial charge on any atom is 0.246 e. The Balaban J connectivity index is 1.64. The topological polar surface area (TPSA) is 78.5 Å². The standard InChI is InChI=1S/C21H27N3O3S/c1-15-6-7-16(2)20(14-15)22-17(3)21(25)23-18-8-10-19(11-9-18)28(26,27)24-12-4-5-13-24/h6-11,14,17,22H,4-5,12-13H2,1-3H3,(H,23,25)/t17-/m0/s1. The van der Waals surface area contributed by atoms with E-state index in [1.807, 2.05) is 32.0 Å². The van der Waals surface area contributed by atoms with E-state index in [2.05, 4.69) is 10.6 Å². The molecule has 7 heteroatoms. The Labute approximate surface area is 167 Å². The number of sulfonamides is 1. The van der Waals surface area contributed by atoms with Crippen molar-refractivity contribution >= 4 is 27.3 Å². The van der Waals surface area contributed by atoms with Crippen molar-refractivity contribution in [1.29, 1.82) is 0 Å². The molecule has 2 aromatic rings. The smallest absolute Gasteiger partial charge is 0.246 e. The first-order chi connectivity index (χ1) is 13.3. The summed E-state index contributed by atoms with van der Waals surface area (Å²) in [5, 5.41) is 6.06. The third-order valence-corrected chi connectivity index (χ3v) is 6.90. The fourth-order valence-corrected chi connectivity index (χ4v) is 4.75. The zero-order valence-corrected chi connectivity index (χ0v) is 17.3. The van der Waals surface area contributed by atoms with Crippen molar-refractivity contribution < 1.29 is 13.2 Å². The summed E-state index contributed by atoms with van der Waals surface area (Å²) in [4.78, 5) is 12.8. The Bertz CT molecular complexity index is 949. The third-order valence-electron chi connectivity index (χ3n) is 4.98. The molecule has 1 amide bonds. The summed E-state index contributed by atoms with van der Waals surface area (Å²) in [6.45, 7) is 6.94. The van der Waals surface area contributed by atoms with Crippen LogP contribution in [0.1, 0.15) is 30.9 Å². The van der Waals surface area contributed by atoms with E-state index in [-0.39, 0.29) is 10.8 Å². The van der Waals surface area contributed by atoms with E-state index >= 15 is 0 Å². The second kappa shape index (κ2) is 8.32. The minimum absolute atomic E-state index is 0.184. The van der Waals surface area contributed by atoms with Gasteiger partial charge in [-0.25, -0.2) is 8.42 Å². The van der Waals surface area contributed by atoms with Gasteiger partial charge >= 0.3 is 0 Å². The summed E-state index contributed by atoms with van der Waals surface area (Å²) in [7, 11) is -3.44. The fourth-order valence-electron chi connectivity index (χ4n) is 3.23. The van der Waals surface area contributed by atoms with Gasteiger partial charge in [0.2, 0.25) is 15.9 Å². The maximum atomic E-state index is 12.6. The highest BCUT2D eigenvalue weighted by atomic mass is 32.2. The lowest BCUT2D eigenvalue weighted by Crippen LogP contribution is -2.32. The summed E-state index contributed by atoms with van der Waals surface area (Å²) in [6.07, 6.45) is 1.80. The number of anilines is 2. The third kappa shape index (κ3) is 4.54. The van der Waals surface area contributed by atoms with Crippen molar-refractivity contribution in [2.24, 2.45) is 0 Å². The SMILES string of the molecule is Cc1ccc(C)c(N[C@@H](C)C(=O)Nc2ccc(S(=O)(=O)N3CCCC3)cc2)c1. The number of carbonyl (C=O) groups is 1. The maximum absolute atomic E-state index is 12.6. The minimum Gasteiger partial charge on any atom is -0.374 e. The van der Waals surface area contributed by atoms with Gasteiger partial charge in [0.05, 0.1) is 4.90 Å². The van der Waals surface area contributed by atoms with E-state index < -0.39 is 16.1 Å². The van der Waals surface area contributed by atoms with Gasteiger partial charge in [-0.3, -0.25) is 4.79 Å². The van der Waals surface area contributed by atoms with Crippen LogP contribution in [-0.2, 0) is 14.8 Å². The number of carbonyl (C=O) groups excluding carboxylic acids is 1. The molecular weight excluding hydrogens is 374 g/mol. The number of benzene rings is 2. The van der Waals surface area contributed by atoms with Crippen molar-refractivity contribution in [3.8, 4) is 0 Å². The van der Waals surface area contributed by atoms with Crippen LogP contribution in [-0.4, -0.2) is 37.8 Å². The van der Waals surface area contributed by atoms with Crippen LogP contribution in [0.2, 0.25) is 0 Å². The molecule has 1 atom stereocenters. The normalized spacial score (nSPS) is 16.0. The van der Waals surface area contributed by atoms with Crippen LogP contribution in [0.3, 0.4) is 0 Å². The van der Waals surface area contributed by atoms with Gasteiger partial charge in [0.25, 0.3) is 0 Å². The van der Waals surface area contributed by atoms with Crippen LogP contribution in [0, 0.1) is 13.8 Å². The van der Waals surface area contributed by atoms with Gasteiger partial charge in [-0.2, -0.15) is 4.31 Å². The second-order valence-corrected chi connectivity index (χ2v) is 9.25. The van der Waals surface area contributed by atoms with Crippen LogP contribution < -0.4 is 10.6 Å². The predicted molar refractivity (Wildman–Crippen MR) is 112 cm³/mol. The molecule has 1 aliphatic heterocycles. The zero-order valence-electron chi connectivity index (χ0n) is 16.5. The van der Waals surface area contributed by atoms with E-state index in [1.54, 1.807) is 31.2 Å². The largest absolute Gasteiger partial charge is 0.374 e. The summed E-state index contributed by atoms with van der Waals surface area (Å²) in [6, 6.07) is 12.0. The summed E-state index contributed by atoms with van der Waals surface area (Å²) < 4.78 is 26.6. The highest BCUT2D eigenvalue weighted by Gasteiger charge is 2.27. The molecule has 2 aromatic carbocycles. The molecule has 0 unspecified atom stereocenters.